The van der Waals surface area contributed by atoms with Gasteiger partial charge in [-0.15, -0.1) is 0 Å². The van der Waals surface area contributed by atoms with Gasteiger partial charge in [0.25, 0.3) is 0 Å². The highest BCUT2D eigenvalue weighted by Crippen LogP contribution is 2.30. The summed E-state index contributed by atoms with van der Waals surface area (Å²) in [6.07, 6.45) is 4.96. The highest BCUT2D eigenvalue weighted by atomic mass is 19.1. The smallest absolute Gasteiger partial charge is 0.123 e. The Morgan fingerprint density at radius 3 is 2.40 bits per heavy atom. The molecule has 1 aliphatic carbocycles. The minimum Gasteiger partial charge on any atom is -0.329 e. The van der Waals surface area contributed by atoms with E-state index in [2.05, 4.69) is 18.7 Å². The van der Waals surface area contributed by atoms with Crippen molar-refractivity contribution in [1.29, 1.82) is 0 Å². The predicted molar refractivity (Wildman–Crippen MR) is 82.2 cm³/mol. The van der Waals surface area contributed by atoms with Gasteiger partial charge in [0.15, 0.2) is 0 Å². The molecule has 0 aromatic heterocycles. The molecular formula is C17H27FN2. The van der Waals surface area contributed by atoms with Crippen molar-refractivity contribution in [2.24, 2.45) is 11.7 Å². The van der Waals surface area contributed by atoms with Gasteiger partial charge >= 0.3 is 0 Å². The molecule has 3 heteroatoms. The first-order chi connectivity index (χ1) is 9.57. The molecule has 1 aliphatic rings. The van der Waals surface area contributed by atoms with Crippen LogP contribution < -0.4 is 5.73 Å². The summed E-state index contributed by atoms with van der Waals surface area (Å²) in [7, 11) is 0. The van der Waals surface area contributed by atoms with Crippen molar-refractivity contribution in [1.82, 2.24) is 4.90 Å². The summed E-state index contributed by atoms with van der Waals surface area (Å²) in [5.74, 6) is 0.666. The summed E-state index contributed by atoms with van der Waals surface area (Å²) in [4.78, 5) is 2.51. The first-order valence-corrected chi connectivity index (χ1v) is 7.77. The molecule has 1 aromatic carbocycles. The summed E-state index contributed by atoms with van der Waals surface area (Å²) in [6.45, 7) is 7.23. The van der Waals surface area contributed by atoms with Crippen LogP contribution in [0.25, 0.3) is 0 Å². The van der Waals surface area contributed by atoms with E-state index in [1.807, 2.05) is 12.1 Å². The van der Waals surface area contributed by atoms with Crippen LogP contribution in [0.4, 0.5) is 4.39 Å². The number of hydrogen-bond donors (Lipinski definition) is 1. The lowest BCUT2D eigenvalue weighted by molar-refractivity contribution is 0.0759. The molecule has 2 N–H and O–H groups in total. The van der Waals surface area contributed by atoms with Crippen molar-refractivity contribution in [3.63, 3.8) is 0 Å². The van der Waals surface area contributed by atoms with Gasteiger partial charge in [0.2, 0.25) is 0 Å². The summed E-state index contributed by atoms with van der Waals surface area (Å²) >= 11 is 0. The van der Waals surface area contributed by atoms with E-state index >= 15 is 0 Å². The second-order valence-corrected chi connectivity index (χ2v) is 6.34. The fraction of sp³-hybridized carbons (Fsp3) is 0.647. The van der Waals surface area contributed by atoms with E-state index in [1.165, 1.54) is 31.4 Å². The van der Waals surface area contributed by atoms with Gasteiger partial charge in [-0.1, -0.05) is 25.5 Å². The van der Waals surface area contributed by atoms with Crippen molar-refractivity contribution < 1.29 is 4.39 Å². The summed E-state index contributed by atoms with van der Waals surface area (Å²) in [5.41, 5.74) is 7.20. The van der Waals surface area contributed by atoms with E-state index in [4.69, 9.17) is 5.73 Å². The number of halogens is 1. The Hall–Kier alpha value is -0.930. The maximum atomic E-state index is 13.0. The van der Waals surface area contributed by atoms with Crippen molar-refractivity contribution in [3.8, 4) is 0 Å². The van der Waals surface area contributed by atoms with Gasteiger partial charge in [0, 0.05) is 18.6 Å². The van der Waals surface area contributed by atoms with Crippen LogP contribution in [0.15, 0.2) is 24.3 Å². The zero-order valence-electron chi connectivity index (χ0n) is 12.7. The highest BCUT2D eigenvalue weighted by molar-refractivity contribution is 5.19. The maximum absolute atomic E-state index is 13.0. The van der Waals surface area contributed by atoms with Crippen LogP contribution in [0.1, 0.15) is 38.7 Å². The molecule has 1 aromatic rings. The molecule has 0 heterocycles. The van der Waals surface area contributed by atoms with E-state index in [9.17, 15) is 4.39 Å². The number of nitrogens with zero attached hydrogens (tertiary/aromatic N) is 1. The van der Waals surface area contributed by atoms with E-state index in [0.717, 1.165) is 31.0 Å². The van der Waals surface area contributed by atoms with Crippen LogP contribution in [0.3, 0.4) is 0 Å². The van der Waals surface area contributed by atoms with Crippen molar-refractivity contribution in [2.45, 2.75) is 45.1 Å². The van der Waals surface area contributed by atoms with E-state index in [1.54, 1.807) is 0 Å². The Bertz CT molecular complexity index is 414. The number of likely N-dealkylation sites (N-methyl/N-ethyl adjacent to an activating group) is 1. The predicted octanol–water partition coefficient (Wildman–Crippen LogP) is 3.21. The Morgan fingerprint density at radius 2 is 1.95 bits per heavy atom. The van der Waals surface area contributed by atoms with Crippen LogP contribution in [0.2, 0.25) is 0 Å². The molecule has 0 amide bonds. The lowest BCUT2D eigenvalue weighted by Gasteiger charge is -2.44. The third kappa shape index (κ3) is 3.58. The molecule has 0 radical (unpaired) electrons. The van der Waals surface area contributed by atoms with E-state index in [0.29, 0.717) is 6.54 Å². The molecular weight excluding hydrogens is 251 g/mol. The van der Waals surface area contributed by atoms with Gasteiger partial charge < -0.3 is 5.73 Å². The molecule has 2 rings (SSSR count). The second kappa shape index (κ2) is 6.68. The van der Waals surface area contributed by atoms with Crippen LogP contribution in [0, 0.1) is 11.7 Å². The normalized spacial score (nSPS) is 18.9. The molecule has 2 nitrogen and oxygen atoms in total. The molecule has 1 atom stereocenters. The highest BCUT2D eigenvalue weighted by Gasteiger charge is 2.32. The Morgan fingerprint density at radius 1 is 1.30 bits per heavy atom. The van der Waals surface area contributed by atoms with Gasteiger partial charge in [-0.05, 0) is 56.3 Å². The number of hydrogen-bond acceptors (Lipinski definition) is 2. The van der Waals surface area contributed by atoms with Crippen molar-refractivity contribution in [2.75, 3.05) is 19.6 Å². The third-order valence-electron chi connectivity index (χ3n) is 4.79. The quantitative estimate of drug-likeness (QED) is 0.830. The third-order valence-corrected chi connectivity index (χ3v) is 4.79. The van der Waals surface area contributed by atoms with Crippen LogP contribution >= 0.6 is 0 Å². The molecule has 0 spiro atoms. The Balaban J connectivity index is 2.06. The van der Waals surface area contributed by atoms with E-state index in [-0.39, 0.29) is 11.4 Å². The van der Waals surface area contributed by atoms with Crippen molar-refractivity contribution in [3.05, 3.63) is 35.6 Å². The fourth-order valence-electron chi connectivity index (χ4n) is 3.07. The van der Waals surface area contributed by atoms with E-state index < -0.39 is 0 Å². The van der Waals surface area contributed by atoms with Crippen LogP contribution in [-0.2, 0) is 6.42 Å². The van der Waals surface area contributed by atoms with Gasteiger partial charge in [0.1, 0.15) is 5.82 Å². The molecule has 1 unspecified atom stereocenters. The molecule has 20 heavy (non-hydrogen) atoms. The molecule has 1 fully saturated rings. The SMILES string of the molecule is CCN(CC1CCC1)C(C)(CN)Cc1ccc(F)cc1. The maximum Gasteiger partial charge on any atom is 0.123 e. The molecule has 112 valence electrons. The second-order valence-electron chi connectivity index (χ2n) is 6.34. The fourth-order valence-corrected chi connectivity index (χ4v) is 3.07. The summed E-state index contributed by atoms with van der Waals surface area (Å²) in [6, 6.07) is 6.82. The number of benzene rings is 1. The molecule has 0 bridgehead atoms. The van der Waals surface area contributed by atoms with Gasteiger partial charge in [-0.2, -0.15) is 0 Å². The average Bonchev–Trinajstić information content (AvgIpc) is 2.40. The lowest BCUT2D eigenvalue weighted by Crippen LogP contribution is -2.55. The van der Waals surface area contributed by atoms with Crippen LogP contribution in [-0.4, -0.2) is 30.1 Å². The monoisotopic (exact) mass is 278 g/mol. The molecule has 1 saturated carbocycles. The van der Waals surface area contributed by atoms with Gasteiger partial charge in [-0.3, -0.25) is 4.90 Å². The summed E-state index contributed by atoms with van der Waals surface area (Å²) < 4.78 is 13.0. The molecule has 0 aliphatic heterocycles. The zero-order chi connectivity index (χ0) is 14.6. The standard InChI is InChI=1S/C17H27FN2/c1-3-20(12-15-5-4-6-15)17(2,13-19)11-14-7-9-16(18)10-8-14/h7-10,15H,3-6,11-13,19H2,1-2H3. The van der Waals surface area contributed by atoms with Crippen LogP contribution in [0.5, 0.6) is 0 Å². The topological polar surface area (TPSA) is 29.3 Å². The Kier molecular flexibility index (Phi) is 5.17. The minimum atomic E-state index is -0.176. The number of rotatable bonds is 7. The largest absolute Gasteiger partial charge is 0.329 e. The van der Waals surface area contributed by atoms with Gasteiger partial charge in [0.05, 0.1) is 0 Å². The summed E-state index contributed by atoms with van der Waals surface area (Å²) in [5, 5.41) is 0. The Labute approximate surface area is 122 Å². The zero-order valence-corrected chi connectivity index (χ0v) is 12.7. The van der Waals surface area contributed by atoms with Gasteiger partial charge in [-0.25, -0.2) is 4.39 Å². The average molecular weight is 278 g/mol. The van der Waals surface area contributed by atoms with Crippen molar-refractivity contribution >= 4 is 0 Å². The first-order valence-electron chi connectivity index (χ1n) is 7.77. The number of nitrogens with two attached hydrogens (primary N) is 1. The lowest BCUT2D eigenvalue weighted by atomic mass is 9.82. The minimum absolute atomic E-state index is 0.0395. The molecule has 0 saturated heterocycles. The first kappa shape index (κ1) is 15.5.